The number of hydrogen-bond donors (Lipinski definition) is 2. The van der Waals surface area contributed by atoms with E-state index < -0.39 is 0 Å². The van der Waals surface area contributed by atoms with Crippen LogP contribution in [0.5, 0.6) is 0 Å². The summed E-state index contributed by atoms with van der Waals surface area (Å²) in [4.78, 5) is 21.5. The number of nitrogens with one attached hydrogen (secondary N) is 2. The van der Waals surface area contributed by atoms with Gasteiger partial charge >= 0.3 is 0 Å². The van der Waals surface area contributed by atoms with Crippen LogP contribution in [-0.4, -0.2) is 35.5 Å². The van der Waals surface area contributed by atoms with Crippen LogP contribution in [0.25, 0.3) is 10.7 Å². The molecular weight excluding hydrogens is 284 g/mol. The van der Waals surface area contributed by atoms with Crippen LogP contribution in [0.1, 0.15) is 28.7 Å². The van der Waals surface area contributed by atoms with Gasteiger partial charge in [-0.3, -0.25) is 9.78 Å². The lowest BCUT2D eigenvalue weighted by atomic mass is 10.3. The molecule has 0 saturated heterocycles. The zero-order chi connectivity index (χ0) is 15.1. The number of nitrogens with zero attached hydrogens (tertiary/aromatic N) is 2. The van der Waals surface area contributed by atoms with Gasteiger partial charge in [0.1, 0.15) is 9.88 Å². The second kappa shape index (κ2) is 7.85. The minimum atomic E-state index is -0.0644. The molecule has 2 rings (SSSR count). The molecule has 0 spiro atoms. The van der Waals surface area contributed by atoms with Crippen molar-refractivity contribution >= 4 is 17.2 Å². The number of rotatable bonds is 7. The zero-order valence-electron chi connectivity index (χ0n) is 12.3. The fraction of sp³-hybridized carbons (Fsp3) is 0.400. The van der Waals surface area contributed by atoms with Gasteiger partial charge < -0.3 is 10.6 Å². The van der Waals surface area contributed by atoms with Crippen LogP contribution in [0, 0.1) is 6.92 Å². The minimum Gasteiger partial charge on any atom is -0.350 e. The van der Waals surface area contributed by atoms with E-state index in [9.17, 15) is 4.79 Å². The van der Waals surface area contributed by atoms with E-state index in [2.05, 4.69) is 27.5 Å². The van der Waals surface area contributed by atoms with Crippen molar-refractivity contribution in [1.29, 1.82) is 0 Å². The number of thiazole rings is 1. The predicted molar refractivity (Wildman–Crippen MR) is 85.6 cm³/mol. The van der Waals surface area contributed by atoms with E-state index in [0.717, 1.165) is 35.9 Å². The third kappa shape index (κ3) is 4.34. The molecule has 0 aliphatic heterocycles. The van der Waals surface area contributed by atoms with Gasteiger partial charge in [-0.25, -0.2) is 4.98 Å². The number of aromatic nitrogens is 2. The Kier molecular flexibility index (Phi) is 5.83. The molecule has 2 N–H and O–H groups in total. The first-order valence-corrected chi connectivity index (χ1v) is 7.91. The lowest BCUT2D eigenvalue weighted by Gasteiger charge is -2.04. The highest BCUT2D eigenvalue weighted by molar-refractivity contribution is 7.17. The van der Waals surface area contributed by atoms with Crippen molar-refractivity contribution in [1.82, 2.24) is 20.6 Å². The SMILES string of the molecule is CCCNCCNC(=O)c1sc(-c2ccccn2)nc1C. The maximum absolute atomic E-state index is 12.2. The van der Waals surface area contributed by atoms with Gasteiger partial charge in [-0.15, -0.1) is 11.3 Å². The molecule has 2 aromatic rings. The van der Waals surface area contributed by atoms with Crippen LogP contribution in [0.3, 0.4) is 0 Å². The summed E-state index contributed by atoms with van der Waals surface area (Å²) in [6, 6.07) is 5.67. The molecule has 6 heteroatoms. The van der Waals surface area contributed by atoms with E-state index in [1.54, 1.807) is 6.20 Å². The molecule has 0 atom stereocenters. The Labute approximate surface area is 128 Å². The van der Waals surface area contributed by atoms with Crippen LogP contribution in [0.15, 0.2) is 24.4 Å². The molecule has 2 aromatic heterocycles. The summed E-state index contributed by atoms with van der Waals surface area (Å²) in [6.45, 7) is 6.34. The topological polar surface area (TPSA) is 66.9 Å². The number of hydrogen-bond acceptors (Lipinski definition) is 5. The zero-order valence-corrected chi connectivity index (χ0v) is 13.2. The van der Waals surface area contributed by atoms with Gasteiger partial charge in [-0.05, 0) is 32.0 Å². The molecule has 21 heavy (non-hydrogen) atoms. The van der Waals surface area contributed by atoms with Crippen molar-refractivity contribution in [3.05, 3.63) is 35.0 Å². The van der Waals surface area contributed by atoms with Gasteiger partial charge in [0.2, 0.25) is 0 Å². The summed E-state index contributed by atoms with van der Waals surface area (Å²) >= 11 is 1.38. The van der Waals surface area contributed by atoms with Crippen LogP contribution < -0.4 is 10.6 Å². The van der Waals surface area contributed by atoms with Crippen LogP contribution >= 0.6 is 11.3 Å². The lowest BCUT2D eigenvalue weighted by Crippen LogP contribution is -2.32. The molecular formula is C15H20N4OS. The largest absolute Gasteiger partial charge is 0.350 e. The van der Waals surface area contributed by atoms with Crippen LogP contribution in [-0.2, 0) is 0 Å². The van der Waals surface area contributed by atoms with Gasteiger partial charge in [0.25, 0.3) is 5.91 Å². The van der Waals surface area contributed by atoms with Crippen LogP contribution in [0.4, 0.5) is 0 Å². The molecule has 2 heterocycles. The molecule has 1 amide bonds. The summed E-state index contributed by atoms with van der Waals surface area (Å²) in [5.74, 6) is -0.0644. The van der Waals surface area contributed by atoms with E-state index in [0.29, 0.717) is 11.4 Å². The molecule has 0 aliphatic carbocycles. The number of carbonyl (C=O) groups excluding carboxylic acids is 1. The highest BCUT2D eigenvalue weighted by Crippen LogP contribution is 2.26. The fourth-order valence-electron chi connectivity index (χ4n) is 1.85. The summed E-state index contributed by atoms with van der Waals surface area (Å²) in [7, 11) is 0. The lowest BCUT2D eigenvalue weighted by molar-refractivity contribution is 0.0957. The Morgan fingerprint density at radius 1 is 1.29 bits per heavy atom. The molecule has 0 aromatic carbocycles. The third-order valence-corrected chi connectivity index (χ3v) is 4.08. The molecule has 0 bridgehead atoms. The van der Waals surface area contributed by atoms with Crippen molar-refractivity contribution in [2.45, 2.75) is 20.3 Å². The Morgan fingerprint density at radius 3 is 2.86 bits per heavy atom. The maximum atomic E-state index is 12.2. The first-order chi connectivity index (χ1) is 10.2. The van der Waals surface area contributed by atoms with Gasteiger partial charge in [0.05, 0.1) is 11.4 Å². The minimum absolute atomic E-state index is 0.0644. The highest BCUT2D eigenvalue weighted by Gasteiger charge is 2.16. The van der Waals surface area contributed by atoms with E-state index in [-0.39, 0.29) is 5.91 Å². The number of pyridine rings is 1. The Balaban J connectivity index is 1.97. The fourth-order valence-corrected chi connectivity index (χ4v) is 2.81. The number of carbonyl (C=O) groups is 1. The molecule has 5 nitrogen and oxygen atoms in total. The van der Waals surface area contributed by atoms with E-state index in [1.807, 2.05) is 25.1 Å². The molecule has 0 fully saturated rings. The van der Waals surface area contributed by atoms with Gasteiger partial charge in [0.15, 0.2) is 0 Å². The number of aryl methyl sites for hydroxylation is 1. The number of amides is 1. The van der Waals surface area contributed by atoms with E-state index >= 15 is 0 Å². The molecule has 112 valence electrons. The average molecular weight is 304 g/mol. The first-order valence-electron chi connectivity index (χ1n) is 7.10. The predicted octanol–water partition coefficient (Wildman–Crippen LogP) is 2.24. The van der Waals surface area contributed by atoms with Gasteiger partial charge in [-0.1, -0.05) is 13.0 Å². The van der Waals surface area contributed by atoms with Crippen molar-refractivity contribution < 1.29 is 4.79 Å². The van der Waals surface area contributed by atoms with Gasteiger partial charge in [-0.2, -0.15) is 0 Å². The Morgan fingerprint density at radius 2 is 2.14 bits per heavy atom. The molecule has 0 radical (unpaired) electrons. The highest BCUT2D eigenvalue weighted by atomic mass is 32.1. The van der Waals surface area contributed by atoms with Crippen molar-refractivity contribution in [3.8, 4) is 10.7 Å². The normalized spacial score (nSPS) is 10.6. The van der Waals surface area contributed by atoms with E-state index in [1.165, 1.54) is 11.3 Å². The Bertz CT molecular complexity index is 583. The van der Waals surface area contributed by atoms with Crippen molar-refractivity contribution in [3.63, 3.8) is 0 Å². The smallest absolute Gasteiger partial charge is 0.263 e. The second-order valence-electron chi connectivity index (χ2n) is 4.65. The quantitative estimate of drug-likeness (QED) is 0.770. The molecule has 0 unspecified atom stereocenters. The molecule has 0 aliphatic rings. The monoisotopic (exact) mass is 304 g/mol. The summed E-state index contributed by atoms with van der Waals surface area (Å²) in [5, 5.41) is 6.94. The van der Waals surface area contributed by atoms with Gasteiger partial charge in [0, 0.05) is 19.3 Å². The first kappa shape index (κ1) is 15.6. The van der Waals surface area contributed by atoms with Crippen molar-refractivity contribution in [2.75, 3.05) is 19.6 Å². The summed E-state index contributed by atoms with van der Waals surface area (Å²) < 4.78 is 0. The summed E-state index contributed by atoms with van der Waals surface area (Å²) in [5.41, 5.74) is 1.55. The maximum Gasteiger partial charge on any atom is 0.263 e. The average Bonchev–Trinajstić information content (AvgIpc) is 2.90. The van der Waals surface area contributed by atoms with Crippen LogP contribution in [0.2, 0.25) is 0 Å². The standard InChI is InChI=1S/C15H20N4OS/c1-3-7-16-9-10-18-14(20)13-11(2)19-15(21-13)12-6-4-5-8-17-12/h4-6,8,16H,3,7,9-10H2,1-2H3,(H,18,20). The third-order valence-electron chi connectivity index (χ3n) is 2.90. The Hall–Kier alpha value is -1.79. The van der Waals surface area contributed by atoms with E-state index in [4.69, 9.17) is 0 Å². The second-order valence-corrected chi connectivity index (χ2v) is 5.65. The van der Waals surface area contributed by atoms with Crippen molar-refractivity contribution in [2.24, 2.45) is 0 Å². The summed E-state index contributed by atoms with van der Waals surface area (Å²) in [6.07, 6.45) is 2.82. The molecule has 0 saturated carbocycles.